The lowest BCUT2D eigenvalue weighted by molar-refractivity contribution is 0.0955. The fraction of sp³-hybridized carbons (Fsp3) is 0.389. The van der Waals surface area contributed by atoms with Gasteiger partial charge in [-0.25, -0.2) is 0 Å². The second-order valence-corrected chi connectivity index (χ2v) is 5.81. The molecule has 0 atom stereocenters. The van der Waals surface area contributed by atoms with Gasteiger partial charge in [0.25, 0.3) is 5.91 Å². The molecule has 138 valence electrons. The minimum atomic E-state index is -0.140. The van der Waals surface area contributed by atoms with Crippen LogP contribution in [0.3, 0.4) is 0 Å². The van der Waals surface area contributed by atoms with E-state index in [2.05, 4.69) is 25.7 Å². The van der Waals surface area contributed by atoms with Gasteiger partial charge < -0.3 is 25.0 Å². The molecule has 1 aliphatic rings. The van der Waals surface area contributed by atoms with Gasteiger partial charge in [0.15, 0.2) is 5.82 Å². The van der Waals surface area contributed by atoms with Crippen LogP contribution in [0.15, 0.2) is 36.5 Å². The van der Waals surface area contributed by atoms with Gasteiger partial charge in [0.05, 0.1) is 32.2 Å². The molecule has 1 aromatic carbocycles. The monoisotopic (exact) mass is 357 g/mol. The lowest BCUT2D eigenvalue weighted by Crippen LogP contribution is -2.36. The van der Waals surface area contributed by atoms with E-state index in [-0.39, 0.29) is 5.91 Å². The number of morpholine rings is 1. The van der Waals surface area contributed by atoms with Crippen molar-refractivity contribution in [2.45, 2.75) is 0 Å². The van der Waals surface area contributed by atoms with Gasteiger partial charge in [-0.3, -0.25) is 4.79 Å². The zero-order chi connectivity index (χ0) is 18.2. The molecule has 0 radical (unpaired) electrons. The van der Waals surface area contributed by atoms with Gasteiger partial charge in [-0.2, -0.15) is 5.10 Å². The summed E-state index contributed by atoms with van der Waals surface area (Å²) in [7, 11) is 1.58. The van der Waals surface area contributed by atoms with Crippen LogP contribution in [-0.4, -0.2) is 62.6 Å². The number of carbonyl (C=O) groups excluding carboxylic acids is 1. The van der Waals surface area contributed by atoms with Gasteiger partial charge in [0.1, 0.15) is 5.75 Å². The molecular weight excluding hydrogens is 334 g/mol. The van der Waals surface area contributed by atoms with E-state index in [0.29, 0.717) is 30.2 Å². The quantitative estimate of drug-likeness (QED) is 0.719. The largest absolute Gasteiger partial charge is 0.497 e. The van der Waals surface area contributed by atoms with Crippen LogP contribution in [0.1, 0.15) is 10.4 Å². The third-order valence-electron chi connectivity index (χ3n) is 4.06. The Hall–Kier alpha value is -2.87. The highest BCUT2D eigenvalue weighted by molar-refractivity contribution is 5.94. The highest BCUT2D eigenvalue weighted by atomic mass is 16.5. The zero-order valence-corrected chi connectivity index (χ0v) is 14.8. The van der Waals surface area contributed by atoms with Gasteiger partial charge in [-0.15, -0.1) is 5.10 Å². The Morgan fingerprint density at radius 3 is 2.92 bits per heavy atom. The summed E-state index contributed by atoms with van der Waals surface area (Å²) in [5.41, 5.74) is 1.59. The first-order valence-corrected chi connectivity index (χ1v) is 8.58. The molecule has 26 heavy (non-hydrogen) atoms. The number of hydrogen-bond donors (Lipinski definition) is 2. The number of benzene rings is 1. The first-order valence-electron chi connectivity index (χ1n) is 8.58. The number of anilines is 2. The maximum absolute atomic E-state index is 12.1. The molecule has 1 aromatic heterocycles. The Morgan fingerprint density at radius 2 is 2.12 bits per heavy atom. The molecule has 8 nitrogen and oxygen atoms in total. The van der Waals surface area contributed by atoms with Crippen LogP contribution in [0.2, 0.25) is 0 Å². The molecule has 1 amide bonds. The molecule has 1 aliphatic heterocycles. The standard InChI is InChI=1S/C18H23N5O3/c1-25-16-4-2-3-14(11-16)18(24)20-6-5-19-17-12-15(13-21-22-17)23-7-9-26-10-8-23/h2-4,11-13H,5-10H2,1H3,(H,19,22)(H,20,24). The molecule has 0 aliphatic carbocycles. The van der Waals surface area contributed by atoms with Crippen LogP contribution in [0.5, 0.6) is 5.75 Å². The minimum Gasteiger partial charge on any atom is -0.497 e. The molecule has 1 saturated heterocycles. The SMILES string of the molecule is COc1cccc(C(=O)NCCNc2cc(N3CCOCC3)cnn2)c1. The van der Waals surface area contributed by atoms with E-state index in [1.54, 1.807) is 37.6 Å². The van der Waals surface area contributed by atoms with E-state index in [1.807, 2.05) is 6.07 Å². The summed E-state index contributed by atoms with van der Waals surface area (Å²) < 4.78 is 10.5. The first kappa shape index (κ1) is 17.9. The lowest BCUT2D eigenvalue weighted by atomic mass is 10.2. The second kappa shape index (κ2) is 9.00. The Balaban J connectivity index is 1.46. The number of rotatable bonds is 7. The van der Waals surface area contributed by atoms with Gasteiger partial charge in [-0.05, 0) is 18.2 Å². The Labute approximate surface area is 152 Å². The highest BCUT2D eigenvalue weighted by Gasteiger charge is 2.12. The van der Waals surface area contributed by atoms with E-state index >= 15 is 0 Å². The van der Waals surface area contributed by atoms with Crippen LogP contribution in [-0.2, 0) is 4.74 Å². The van der Waals surface area contributed by atoms with Crippen LogP contribution < -0.4 is 20.3 Å². The third-order valence-corrected chi connectivity index (χ3v) is 4.06. The van der Waals surface area contributed by atoms with Crippen LogP contribution in [0.25, 0.3) is 0 Å². The molecule has 3 rings (SSSR count). The van der Waals surface area contributed by atoms with Crippen molar-refractivity contribution in [1.29, 1.82) is 0 Å². The maximum Gasteiger partial charge on any atom is 0.251 e. The molecule has 0 spiro atoms. The van der Waals surface area contributed by atoms with Crippen molar-refractivity contribution in [1.82, 2.24) is 15.5 Å². The van der Waals surface area contributed by atoms with E-state index < -0.39 is 0 Å². The number of hydrogen-bond acceptors (Lipinski definition) is 7. The van der Waals surface area contributed by atoms with Crippen LogP contribution in [0, 0.1) is 0 Å². The number of methoxy groups -OCH3 is 1. The average molecular weight is 357 g/mol. The zero-order valence-electron chi connectivity index (χ0n) is 14.8. The first-order chi connectivity index (χ1) is 12.8. The fourth-order valence-electron chi connectivity index (χ4n) is 2.67. The van der Waals surface area contributed by atoms with Crippen LogP contribution >= 0.6 is 0 Å². The molecule has 2 heterocycles. The van der Waals surface area contributed by atoms with Crippen molar-refractivity contribution in [3.05, 3.63) is 42.1 Å². The lowest BCUT2D eigenvalue weighted by Gasteiger charge is -2.28. The van der Waals surface area contributed by atoms with Crippen molar-refractivity contribution in [3.8, 4) is 5.75 Å². The van der Waals surface area contributed by atoms with Crippen molar-refractivity contribution < 1.29 is 14.3 Å². The normalized spacial score (nSPS) is 14.0. The Morgan fingerprint density at radius 1 is 1.27 bits per heavy atom. The predicted molar refractivity (Wildman–Crippen MR) is 98.9 cm³/mol. The van der Waals surface area contributed by atoms with Gasteiger partial charge >= 0.3 is 0 Å². The van der Waals surface area contributed by atoms with E-state index in [4.69, 9.17) is 9.47 Å². The topological polar surface area (TPSA) is 88.6 Å². The second-order valence-electron chi connectivity index (χ2n) is 5.81. The van der Waals surface area contributed by atoms with Crippen molar-refractivity contribution in [2.24, 2.45) is 0 Å². The Kier molecular flexibility index (Phi) is 6.21. The summed E-state index contributed by atoms with van der Waals surface area (Å²) in [4.78, 5) is 14.4. The third kappa shape index (κ3) is 4.82. The van der Waals surface area contributed by atoms with Crippen molar-refractivity contribution >= 4 is 17.4 Å². The number of ether oxygens (including phenoxy) is 2. The van der Waals surface area contributed by atoms with Gasteiger partial charge in [-0.1, -0.05) is 6.07 Å². The van der Waals surface area contributed by atoms with Crippen molar-refractivity contribution in [2.75, 3.05) is 56.7 Å². The molecule has 0 unspecified atom stereocenters. The molecule has 2 N–H and O–H groups in total. The summed E-state index contributed by atoms with van der Waals surface area (Å²) >= 11 is 0. The van der Waals surface area contributed by atoms with E-state index in [0.717, 1.165) is 32.0 Å². The highest BCUT2D eigenvalue weighted by Crippen LogP contribution is 2.17. The maximum atomic E-state index is 12.1. The fourth-order valence-corrected chi connectivity index (χ4v) is 2.67. The molecule has 2 aromatic rings. The number of nitrogens with one attached hydrogen (secondary N) is 2. The van der Waals surface area contributed by atoms with Gasteiger partial charge in [0.2, 0.25) is 0 Å². The summed E-state index contributed by atoms with van der Waals surface area (Å²) in [6, 6.07) is 9.02. The Bertz CT molecular complexity index is 734. The van der Waals surface area contributed by atoms with Gasteiger partial charge in [0, 0.05) is 37.8 Å². The van der Waals surface area contributed by atoms with Crippen LogP contribution in [0.4, 0.5) is 11.5 Å². The summed E-state index contributed by atoms with van der Waals surface area (Å²) in [6.45, 7) is 4.17. The molecule has 8 heteroatoms. The summed E-state index contributed by atoms with van der Waals surface area (Å²) in [5, 5.41) is 14.2. The molecule has 0 saturated carbocycles. The van der Waals surface area contributed by atoms with Crippen molar-refractivity contribution in [3.63, 3.8) is 0 Å². The number of nitrogens with zero attached hydrogens (tertiary/aromatic N) is 3. The summed E-state index contributed by atoms with van der Waals surface area (Å²) in [6.07, 6.45) is 1.75. The van der Waals surface area contributed by atoms with E-state index in [1.165, 1.54) is 0 Å². The number of carbonyl (C=O) groups is 1. The number of aromatic nitrogens is 2. The summed E-state index contributed by atoms with van der Waals surface area (Å²) in [5.74, 6) is 1.20. The molecule has 1 fully saturated rings. The van der Waals surface area contributed by atoms with E-state index in [9.17, 15) is 4.79 Å². The smallest absolute Gasteiger partial charge is 0.251 e. The minimum absolute atomic E-state index is 0.140. The molecular formula is C18H23N5O3. The average Bonchev–Trinajstić information content (AvgIpc) is 2.72. The predicted octanol–water partition coefficient (Wildman–Crippen LogP) is 1.16. The molecule has 0 bridgehead atoms. The number of amides is 1.